The van der Waals surface area contributed by atoms with Crippen LogP contribution in [-0.2, 0) is 16.6 Å². The van der Waals surface area contributed by atoms with Gasteiger partial charge in [-0.2, -0.15) is 18.2 Å². The molecule has 1 fully saturated rings. The lowest BCUT2D eigenvalue weighted by molar-refractivity contribution is -0.192. The van der Waals surface area contributed by atoms with Crippen LogP contribution < -0.4 is 21.5 Å². The summed E-state index contributed by atoms with van der Waals surface area (Å²) in [5.41, 5.74) is 0.464. The molecule has 2 aromatic heterocycles. The first-order chi connectivity index (χ1) is 18.3. The van der Waals surface area contributed by atoms with Crippen molar-refractivity contribution in [2.24, 2.45) is 7.05 Å². The lowest BCUT2D eigenvalue weighted by atomic mass is 10.1. The van der Waals surface area contributed by atoms with E-state index in [9.17, 15) is 32.7 Å². The Labute approximate surface area is 219 Å². The summed E-state index contributed by atoms with van der Waals surface area (Å²) in [5, 5.41) is 20.2. The maximum Gasteiger partial charge on any atom is 0.490 e. The van der Waals surface area contributed by atoms with Crippen molar-refractivity contribution in [2.45, 2.75) is 25.6 Å². The SMILES string of the molecule is C=Cc1ccccc1-n1c(N2CCNCC2)nc2c1c(=O)n(C)c(=O)n2C(CC)C(=O)O.O=C(O)C(F)(F)F. The van der Waals surface area contributed by atoms with Gasteiger partial charge in [-0.05, 0) is 18.1 Å². The molecule has 12 nitrogen and oxygen atoms in total. The van der Waals surface area contributed by atoms with E-state index in [0.29, 0.717) is 24.7 Å². The number of carboxylic acid groups (broad SMARTS) is 2. The minimum absolute atomic E-state index is 0.0692. The van der Waals surface area contributed by atoms with E-state index in [1.54, 1.807) is 17.6 Å². The van der Waals surface area contributed by atoms with Crippen molar-refractivity contribution in [3.8, 4) is 5.69 Å². The van der Waals surface area contributed by atoms with Crippen molar-refractivity contribution in [3.05, 3.63) is 57.2 Å². The average Bonchev–Trinajstić information content (AvgIpc) is 3.30. The Bertz CT molecular complexity index is 1520. The van der Waals surface area contributed by atoms with Gasteiger partial charge in [0.1, 0.15) is 6.04 Å². The first-order valence-electron chi connectivity index (χ1n) is 11.8. The molecule has 1 saturated heterocycles. The van der Waals surface area contributed by atoms with Crippen LogP contribution in [0.1, 0.15) is 24.9 Å². The number of halogens is 3. The quantitative estimate of drug-likeness (QED) is 0.414. The number of aliphatic carboxylic acids is 2. The zero-order chi connectivity index (χ0) is 29.1. The molecule has 1 aromatic carbocycles. The second-order valence-electron chi connectivity index (χ2n) is 8.50. The van der Waals surface area contributed by atoms with Crippen molar-refractivity contribution < 1.29 is 33.0 Å². The molecule has 0 amide bonds. The maximum absolute atomic E-state index is 13.4. The number of carboxylic acids is 2. The number of fused-ring (bicyclic) bond motifs is 1. The molecular weight excluding hydrogens is 525 g/mol. The Kier molecular flexibility index (Phi) is 8.64. The molecule has 0 spiro atoms. The third-order valence-corrected chi connectivity index (χ3v) is 6.09. The highest BCUT2D eigenvalue weighted by Crippen LogP contribution is 2.29. The molecule has 1 unspecified atom stereocenters. The zero-order valence-corrected chi connectivity index (χ0v) is 21.1. The van der Waals surface area contributed by atoms with Gasteiger partial charge in [-0.25, -0.2) is 14.4 Å². The zero-order valence-electron chi connectivity index (χ0n) is 21.1. The number of nitrogens with zero attached hydrogens (tertiary/aromatic N) is 5. The number of anilines is 1. The molecule has 0 saturated carbocycles. The highest BCUT2D eigenvalue weighted by Gasteiger charge is 2.38. The van der Waals surface area contributed by atoms with E-state index >= 15 is 0 Å². The second-order valence-corrected chi connectivity index (χ2v) is 8.50. The highest BCUT2D eigenvalue weighted by atomic mass is 19.4. The number of hydrogen-bond donors (Lipinski definition) is 3. The molecular formula is C24H27F3N6O6. The second kappa shape index (κ2) is 11.6. The topological polar surface area (TPSA) is 152 Å². The van der Waals surface area contributed by atoms with Crippen LogP contribution in [0.4, 0.5) is 19.1 Å². The number of para-hydroxylation sites is 1. The van der Waals surface area contributed by atoms with Gasteiger partial charge in [0.05, 0.1) is 5.69 Å². The first-order valence-corrected chi connectivity index (χ1v) is 11.8. The molecule has 39 heavy (non-hydrogen) atoms. The number of rotatable bonds is 6. The van der Waals surface area contributed by atoms with Crippen LogP contribution in [-0.4, -0.2) is 73.2 Å². The fourth-order valence-electron chi connectivity index (χ4n) is 4.17. The molecule has 1 atom stereocenters. The number of benzene rings is 1. The van der Waals surface area contributed by atoms with Gasteiger partial charge in [0.2, 0.25) is 5.95 Å². The monoisotopic (exact) mass is 552 g/mol. The first kappa shape index (κ1) is 29.2. The van der Waals surface area contributed by atoms with E-state index in [4.69, 9.17) is 14.9 Å². The van der Waals surface area contributed by atoms with E-state index in [0.717, 1.165) is 27.8 Å². The van der Waals surface area contributed by atoms with E-state index in [-0.39, 0.29) is 17.6 Å². The smallest absolute Gasteiger partial charge is 0.480 e. The van der Waals surface area contributed by atoms with Gasteiger partial charge < -0.3 is 20.4 Å². The predicted molar refractivity (Wildman–Crippen MR) is 136 cm³/mol. The summed E-state index contributed by atoms with van der Waals surface area (Å²) in [6.07, 6.45) is -3.23. The van der Waals surface area contributed by atoms with Gasteiger partial charge in [0.25, 0.3) is 5.56 Å². The molecule has 1 aliphatic rings. The summed E-state index contributed by atoms with van der Waals surface area (Å²) in [7, 11) is 1.36. The summed E-state index contributed by atoms with van der Waals surface area (Å²) in [4.78, 5) is 54.0. The number of hydrogen-bond acceptors (Lipinski definition) is 7. The van der Waals surface area contributed by atoms with E-state index in [2.05, 4.69) is 11.9 Å². The molecule has 0 bridgehead atoms. The molecule has 3 N–H and O–H groups in total. The maximum atomic E-state index is 13.4. The molecule has 210 valence electrons. The summed E-state index contributed by atoms with van der Waals surface area (Å²) in [6, 6.07) is 6.30. The van der Waals surface area contributed by atoms with Gasteiger partial charge in [-0.15, -0.1) is 0 Å². The van der Waals surface area contributed by atoms with Gasteiger partial charge in [-0.1, -0.05) is 37.8 Å². The third-order valence-electron chi connectivity index (χ3n) is 6.09. The molecule has 4 rings (SSSR count). The van der Waals surface area contributed by atoms with Crippen LogP contribution in [0.5, 0.6) is 0 Å². The van der Waals surface area contributed by atoms with Crippen LogP contribution in [0.3, 0.4) is 0 Å². The number of alkyl halides is 3. The fraction of sp³-hybridized carbons (Fsp3) is 0.375. The lowest BCUT2D eigenvalue weighted by Crippen LogP contribution is -2.44. The third kappa shape index (κ3) is 5.72. The van der Waals surface area contributed by atoms with E-state index < -0.39 is 35.4 Å². The molecule has 3 heterocycles. The summed E-state index contributed by atoms with van der Waals surface area (Å²) >= 11 is 0. The van der Waals surface area contributed by atoms with Crippen molar-refractivity contribution in [1.29, 1.82) is 0 Å². The lowest BCUT2D eigenvalue weighted by Gasteiger charge is -2.29. The van der Waals surface area contributed by atoms with Gasteiger partial charge in [-0.3, -0.25) is 18.5 Å². The number of piperazine rings is 1. The molecule has 0 radical (unpaired) electrons. The fourth-order valence-corrected chi connectivity index (χ4v) is 4.17. The molecule has 15 heteroatoms. The summed E-state index contributed by atoms with van der Waals surface area (Å²) in [5.74, 6) is -3.42. The van der Waals surface area contributed by atoms with Gasteiger partial charge in [0, 0.05) is 33.2 Å². The van der Waals surface area contributed by atoms with Crippen molar-refractivity contribution in [3.63, 3.8) is 0 Å². The predicted octanol–water partition coefficient (Wildman–Crippen LogP) is 1.61. The minimum atomic E-state index is -5.08. The Morgan fingerprint density at radius 1 is 1.18 bits per heavy atom. The molecule has 0 aliphatic carbocycles. The average molecular weight is 553 g/mol. The number of carbonyl (C=O) groups is 2. The number of aromatic nitrogens is 4. The number of imidazole rings is 1. The van der Waals surface area contributed by atoms with Crippen LogP contribution in [0.2, 0.25) is 0 Å². The summed E-state index contributed by atoms with van der Waals surface area (Å²) < 4.78 is 35.5. The highest BCUT2D eigenvalue weighted by molar-refractivity contribution is 5.82. The largest absolute Gasteiger partial charge is 0.490 e. The summed E-state index contributed by atoms with van der Waals surface area (Å²) in [6.45, 7) is 8.36. The van der Waals surface area contributed by atoms with Gasteiger partial charge in [0.15, 0.2) is 11.2 Å². The minimum Gasteiger partial charge on any atom is -0.480 e. The Morgan fingerprint density at radius 3 is 2.28 bits per heavy atom. The van der Waals surface area contributed by atoms with Crippen LogP contribution in [0, 0.1) is 0 Å². The van der Waals surface area contributed by atoms with Crippen molar-refractivity contribution in [2.75, 3.05) is 31.1 Å². The Morgan fingerprint density at radius 2 is 1.77 bits per heavy atom. The standard InChI is InChI=1S/C22H26N6O4.C2HF3O2/c1-4-14-8-6-7-9-16(14)27-17-18(24-21(27)26-12-10-23-11-13-26)28(15(5-2)20(30)31)22(32)25(3)19(17)29;3-2(4,5)1(6)7/h4,6-9,15,23H,1,5,10-13H2,2-3H3,(H,30,31);(H,6,7). The Balaban J connectivity index is 0.000000532. The normalized spacial score (nSPS) is 14.4. The van der Waals surface area contributed by atoms with Crippen molar-refractivity contribution in [1.82, 2.24) is 24.0 Å². The molecule has 3 aromatic rings. The number of nitrogens with one attached hydrogen (secondary N) is 1. The van der Waals surface area contributed by atoms with Crippen molar-refractivity contribution >= 4 is 35.1 Å². The van der Waals surface area contributed by atoms with Gasteiger partial charge >= 0.3 is 23.8 Å². The van der Waals surface area contributed by atoms with Crippen LogP contribution in [0.15, 0.2) is 40.4 Å². The van der Waals surface area contributed by atoms with Crippen LogP contribution >= 0.6 is 0 Å². The van der Waals surface area contributed by atoms with E-state index in [1.807, 2.05) is 29.2 Å². The van der Waals surface area contributed by atoms with E-state index in [1.165, 1.54) is 7.05 Å². The van der Waals surface area contributed by atoms with Crippen LogP contribution in [0.25, 0.3) is 22.9 Å². The Hall–Kier alpha value is -4.40. The molecule has 1 aliphatic heterocycles.